The lowest BCUT2D eigenvalue weighted by Crippen LogP contribution is -2.41. The predicted molar refractivity (Wildman–Crippen MR) is 152 cm³/mol. The number of aryl methyl sites for hydroxylation is 1. The summed E-state index contributed by atoms with van der Waals surface area (Å²) in [5.74, 6) is -0.269. The minimum Gasteiger partial charge on any atom is -0.465 e. The summed E-state index contributed by atoms with van der Waals surface area (Å²) in [7, 11) is -1.13. The van der Waals surface area contributed by atoms with Gasteiger partial charge in [0.05, 0.1) is 30.7 Å². The fraction of sp³-hybridized carbons (Fsp3) is 0.355. The van der Waals surface area contributed by atoms with Crippen LogP contribution >= 0.6 is 0 Å². The molecule has 0 saturated heterocycles. The van der Waals surface area contributed by atoms with E-state index in [1.165, 1.54) is 51.8 Å². The van der Waals surface area contributed by atoms with Gasteiger partial charge in [-0.25, -0.2) is 13.2 Å². The van der Waals surface area contributed by atoms with Crippen molar-refractivity contribution >= 4 is 27.6 Å². The summed E-state index contributed by atoms with van der Waals surface area (Å²) in [5, 5.41) is 0. The van der Waals surface area contributed by atoms with Crippen LogP contribution in [0.2, 0.25) is 0 Å². The van der Waals surface area contributed by atoms with Crippen LogP contribution < -0.4 is 4.90 Å². The number of carbonyl (C=O) groups is 2. The summed E-state index contributed by atoms with van der Waals surface area (Å²) < 4.78 is 32.1. The van der Waals surface area contributed by atoms with Crippen LogP contribution in [0.1, 0.15) is 65.1 Å². The molecular formula is C31H36N2O5S. The molecule has 0 bridgehead atoms. The number of rotatable bonds is 9. The highest BCUT2D eigenvalue weighted by Crippen LogP contribution is 2.33. The van der Waals surface area contributed by atoms with E-state index in [2.05, 4.69) is 12.1 Å². The van der Waals surface area contributed by atoms with Gasteiger partial charge < -0.3 is 9.64 Å². The van der Waals surface area contributed by atoms with Crippen LogP contribution in [0.3, 0.4) is 0 Å². The minimum absolute atomic E-state index is 0.135. The molecule has 1 saturated carbocycles. The molecule has 1 aliphatic rings. The van der Waals surface area contributed by atoms with E-state index in [1.807, 2.05) is 19.1 Å². The van der Waals surface area contributed by atoms with Crippen molar-refractivity contribution in [2.24, 2.45) is 0 Å². The van der Waals surface area contributed by atoms with Crippen LogP contribution in [-0.2, 0) is 26.1 Å². The molecule has 1 aliphatic carbocycles. The van der Waals surface area contributed by atoms with Gasteiger partial charge in [-0.05, 0) is 73.2 Å². The van der Waals surface area contributed by atoms with Crippen LogP contribution in [0.4, 0.5) is 5.69 Å². The number of carbonyl (C=O) groups excluding carboxylic acids is 2. The van der Waals surface area contributed by atoms with Crippen LogP contribution in [-0.4, -0.2) is 45.3 Å². The molecule has 1 amide bonds. The SMILES string of the molecule is COC(=O)c1ccc(N(Cc2ccc(C3CCCCC3)cc2)C(=O)CN(C)S(=O)(=O)c2ccc(C)cc2)cc1. The van der Waals surface area contributed by atoms with E-state index in [-0.39, 0.29) is 23.9 Å². The molecule has 0 heterocycles. The third kappa shape index (κ3) is 6.94. The molecule has 0 aromatic heterocycles. The normalized spacial score (nSPS) is 14.3. The monoisotopic (exact) mass is 548 g/mol. The van der Waals surface area contributed by atoms with Crippen molar-refractivity contribution in [1.29, 1.82) is 0 Å². The smallest absolute Gasteiger partial charge is 0.337 e. The fourth-order valence-electron chi connectivity index (χ4n) is 4.98. The Balaban J connectivity index is 1.57. The topological polar surface area (TPSA) is 84.0 Å². The maximum Gasteiger partial charge on any atom is 0.337 e. The van der Waals surface area contributed by atoms with Crippen molar-refractivity contribution in [3.63, 3.8) is 0 Å². The van der Waals surface area contributed by atoms with E-state index >= 15 is 0 Å². The average Bonchev–Trinajstić information content (AvgIpc) is 2.96. The Kier molecular flexibility index (Phi) is 9.20. The number of nitrogens with zero attached hydrogens (tertiary/aromatic N) is 2. The number of methoxy groups -OCH3 is 1. The number of anilines is 1. The summed E-state index contributed by atoms with van der Waals surface area (Å²) in [4.78, 5) is 27.2. The first-order chi connectivity index (χ1) is 18.7. The second-order valence-corrected chi connectivity index (χ2v) is 12.2. The van der Waals surface area contributed by atoms with Crippen LogP contribution in [0.5, 0.6) is 0 Å². The van der Waals surface area contributed by atoms with Gasteiger partial charge >= 0.3 is 5.97 Å². The highest BCUT2D eigenvalue weighted by atomic mass is 32.2. The highest BCUT2D eigenvalue weighted by molar-refractivity contribution is 7.89. The molecule has 39 heavy (non-hydrogen) atoms. The van der Waals surface area contributed by atoms with Crippen molar-refractivity contribution in [2.75, 3.05) is 25.6 Å². The van der Waals surface area contributed by atoms with Crippen molar-refractivity contribution in [1.82, 2.24) is 4.31 Å². The van der Waals surface area contributed by atoms with Gasteiger partial charge in [0, 0.05) is 12.7 Å². The van der Waals surface area contributed by atoms with Crippen LogP contribution in [0, 0.1) is 6.92 Å². The van der Waals surface area contributed by atoms with Gasteiger partial charge in [-0.15, -0.1) is 0 Å². The van der Waals surface area contributed by atoms with Crippen molar-refractivity contribution < 1.29 is 22.7 Å². The zero-order valence-electron chi connectivity index (χ0n) is 22.8. The van der Waals surface area contributed by atoms with E-state index in [4.69, 9.17) is 4.74 Å². The molecule has 3 aromatic carbocycles. The number of ether oxygens (including phenoxy) is 1. The Labute approximate surface area is 231 Å². The van der Waals surface area contributed by atoms with E-state index in [0.717, 1.165) is 15.4 Å². The maximum absolute atomic E-state index is 13.6. The van der Waals surface area contributed by atoms with E-state index in [1.54, 1.807) is 53.4 Å². The zero-order valence-corrected chi connectivity index (χ0v) is 23.6. The Hall–Kier alpha value is -3.49. The van der Waals surface area contributed by atoms with Gasteiger partial charge in [0.1, 0.15) is 0 Å². The van der Waals surface area contributed by atoms with Gasteiger partial charge in [-0.2, -0.15) is 4.31 Å². The van der Waals surface area contributed by atoms with Crippen molar-refractivity contribution in [2.45, 2.75) is 56.4 Å². The third-order valence-electron chi connectivity index (χ3n) is 7.39. The van der Waals surface area contributed by atoms with Crippen molar-refractivity contribution in [3.05, 3.63) is 95.1 Å². The molecule has 206 valence electrons. The number of hydrogen-bond donors (Lipinski definition) is 0. The standard InChI is InChI=1S/C31H36N2O5S/c1-23-9-19-29(20-10-23)39(36,37)32(2)22-30(34)33(28-17-15-27(16-18-28)31(35)38-3)21-24-11-13-26(14-12-24)25-7-5-4-6-8-25/h9-20,25H,4-8,21-22H2,1-3H3. The largest absolute Gasteiger partial charge is 0.465 e. The van der Waals surface area contributed by atoms with Crippen LogP contribution in [0.15, 0.2) is 77.7 Å². The van der Waals surface area contributed by atoms with Crippen molar-refractivity contribution in [3.8, 4) is 0 Å². The fourth-order valence-corrected chi connectivity index (χ4v) is 6.10. The highest BCUT2D eigenvalue weighted by Gasteiger charge is 2.26. The molecule has 0 unspecified atom stereocenters. The number of hydrogen-bond acceptors (Lipinski definition) is 5. The maximum atomic E-state index is 13.6. The number of amides is 1. The summed E-state index contributed by atoms with van der Waals surface area (Å²) in [6.45, 7) is 1.81. The first-order valence-electron chi connectivity index (χ1n) is 13.3. The molecule has 0 aliphatic heterocycles. The number of likely N-dealkylation sites (N-methyl/N-ethyl adjacent to an activating group) is 1. The van der Waals surface area contributed by atoms with Gasteiger partial charge in [0.2, 0.25) is 15.9 Å². The summed E-state index contributed by atoms with van der Waals surface area (Å²) >= 11 is 0. The first-order valence-corrected chi connectivity index (χ1v) is 14.7. The lowest BCUT2D eigenvalue weighted by molar-refractivity contribution is -0.118. The molecule has 0 atom stereocenters. The second kappa shape index (κ2) is 12.6. The lowest BCUT2D eigenvalue weighted by atomic mass is 9.84. The number of benzene rings is 3. The minimum atomic E-state index is -3.85. The zero-order chi connectivity index (χ0) is 28.0. The Morgan fingerprint density at radius 1 is 0.872 bits per heavy atom. The molecule has 0 radical (unpaired) electrons. The first kappa shape index (κ1) is 28.5. The number of sulfonamides is 1. The molecular weight excluding hydrogens is 512 g/mol. The lowest BCUT2D eigenvalue weighted by Gasteiger charge is -2.26. The second-order valence-electron chi connectivity index (χ2n) is 10.2. The van der Waals surface area contributed by atoms with Crippen LogP contribution in [0.25, 0.3) is 0 Å². The number of esters is 1. The Morgan fingerprint density at radius 2 is 1.49 bits per heavy atom. The molecule has 3 aromatic rings. The molecule has 8 heteroatoms. The average molecular weight is 549 g/mol. The van der Waals surface area contributed by atoms with Gasteiger partial charge in [0.25, 0.3) is 0 Å². The summed E-state index contributed by atoms with van der Waals surface area (Å²) in [5.41, 5.74) is 4.13. The van der Waals surface area contributed by atoms with Gasteiger partial charge in [-0.3, -0.25) is 4.79 Å². The molecule has 4 rings (SSSR count). The molecule has 1 fully saturated rings. The van der Waals surface area contributed by atoms with E-state index in [9.17, 15) is 18.0 Å². The quantitative estimate of drug-likeness (QED) is 0.321. The van der Waals surface area contributed by atoms with E-state index < -0.39 is 16.0 Å². The Morgan fingerprint density at radius 3 is 2.08 bits per heavy atom. The Bertz CT molecular complexity index is 1380. The predicted octanol–water partition coefficient (Wildman–Crippen LogP) is 5.68. The molecule has 0 spiro atoms. The van der Waals surface area contributed by atoms with Gasteiger partial charge in [-0.1, -0.05) is 61.2 Å². The summed E-state index contributed by atoms with van der Waals surface area (Å²) in [6.07, 6.45) is 6.23. The summed E-state index contributed by atoms with van der Waals surface area (Å²) in [6, 6.07) is 21.5. The molecule has 7 nitrogen and oxygen atoms in total. The third-order valence-corrected chi connectivity index (χ3v) is 9.20. The van der Waals surface area contributed by atoms with E-state index in [0.29, 0.717) is 17.2 Å². The molecule has 0 N–H and O–H groups in total. The van der Waals surface area contributed by atoms with Gasteiger partial charge in [0.15, 0.2) is 0 Å².